The monoisotopic (exact) mass is 518 g/mol. The van der Waals surface area contributed by atoms with Crippen LogP contribution in [-0.2, 0) is 11.3 Å². The first-order valence-electron chi connectivity index (χ1n) is 11.3. The minimum atomic E-state index is -1.15. The molecule has 36 heavy (non-hydrogen) atoms. The number of ether oxygens (including phenoxy) is 1. The average Bonchev–Trinajstić information content (AvgIpc) is 3.22. The topological polar surface area (TPSA) is 79.9 Å². The molecular weight excluding hydrogens is 495 g/mol. The number of carbonyl (C=O) groups excluding carboxylic acids is 1. The number of aryl methyl sites for hydroxylation is 1. The van der Waals surface area contributed by atoms with Crippen LogP contribution in [0.4, 0.5) is 0 Å². The lowest BCUT2D eigenvalue weighted by atomic mass is 10.1. The molecule has 1 heterocycles. The van der Waals surface area contributed by atoms with Crippen LogP contribution in [-0.4, -0.2) is 21.3 Å². The number of nitriles is 1. The zero-order chi connectivity index (χ0) is 25.9. The molecule has 0 aliphatic heterocycles. The van der Waals surface area contributed by atoms with Gasteiger partial charge in [-0.3, -0.25) is 4.79 Å². The third-order valence-corrected chi connectivity index (χ3v) is 6.26. The third-order valence-electron chi connectivity index (χ3n) is 5.69. The lowest BCUT2D eigenvalue weighted by Gasteiger charge is -2.26. The van der Waals surface area contributed by atoms with E-state index in [0.29, 0.717) is 38.4 Å². The molecule has 0 aliphatic carbocycles. The normalized spacial score (nSPS) is 11.1. The highest BCUT2D eigenvalue weighted by Crippen LogP contribution is 2.32. The van der Waals surface area contributed by atoms with Crippen LogP contribution < -0.4 is 10.1 Å². The van der Waals surface area contributed by atoms with Crippen molar-refractivity contribution in [2.24, 2.45) is 0 Å². The zero-order valence-electron chi connectivity index (χ0n) is 20.0. The van der Waals surface area contributed by atoms with Gasteiger partial charge in [-0.2, -0.15) is 10.4 Å². The van der Waals surface area contributed by atoms with Crippen LogP contribution in [0, 0.1) is 18.3 Å². The SMILES string of the molecule is Cc1ccccc1OC(C)(C)C(=O)NCc1nn(-c2ccccc2Cl)c(-c2ccc(Cl)cc2)c1C#N. The van der Waals surface area contributed by atoms with Gasteiger partial charge in [0.05, 0.1) is 22.9 Å². The molecule has 0 radical (unpaired) electrons. The van der Waals surface area contributed by atoms with Gasteiger partial charge in [-0.1, -0.05) is 65.7 Å². The number of nitrogens with one attached hydrogen (secondary N) is 1. The smallest absolute Gasteiger partial charge is 0.263 e. The number of carbonyl (C=O) groups is 1. The number of para-hydroxylation sites is 2. The lowest BCUT2D eigenvalue weighted by molar-refractivity contribution is -0.134. The predicted octanol–water partition coefficient (Wildman–Crippen LogP) is 6.50. The van der Waals surface area contributed by atoms with Gasteiger partial charge in [0.1, 0.15) is 23.1 Å². The summed E-state index contributed by atoms with van der Waals surface area (Å²) in [6, 6.07) is 24.1. The summed E-state index contributed by atoms with van der Waals surface area (Å²) in [7, 11) is 0. The van der Waals surface area contributed by atoms with Gasteiger partial charge in [0.2, 0.25) is 0 Å². The molecule has 8 heteroatoms. The Morgan fingerprint density at radius 3 is 2.39 bits per heavy atom. The van der Waals surface area contributed by atoms with E-state index >= 15 is 0 Å². The van der Waals surface area contributed by atoms with Crippen LogP contribution in [0.25, 0.3) is 16.9 Å². The Bertz CT molecular complexity index is 1450. The van der Waals surface area contributed by atoms with Gasteiger partial charge in [0, 0.05) is 10.6 Å². The van der Waals surface area contributed by atoms with Crippen LogP contribution in [0.5, 0.6) is 5.75 Å². The van der Waals surface area contributed by atoms with E-state index in [1.54, 1.807) is 36.7 Å². The van der Waals surface area contributed by atoms with E-state index in [2.05, 4.69) is 16.5 Å². The number of amides is 1. The van der Waals surface area contributed by atoms with Gasteiger partial charge in [-0.05, 0) is 56.7 Å². The number of aromatic nitrogens is 2. The molecular formula is C28H24Cl2N4O2. The highest BCUT2D eigenvalue weighted by atomic mass is 35.5. The van der Waals surface area contributed by atoms with Crippen molar-refractivity contribution in [3.63, 3.8) is 0 Å². The number of rotatable bonds is 7. The first-order chi connectivity index (χ1) is 17.2. The van der Waals surface area contributed by atoms with E-state index in [1.807, 2.05) is 61.5 Å². The summed E-state index contributed by atoms with van der Waals surface area (Å²) in [4.78, 5) is 13.1. The van der Waals surface area contributed by atoms with Crippen molar-refractivity contribution in [3.8, 4) is 28.8 Å². The van der Waals surface area contributed by atoms with Crippen molar-refractivity contribution in [2.45, 2.75) is 32.9 Å². The van der Waals surface area contributed by atoms with Gasteiger partial charge < -0.3 is 10.1 Å². The van der Waals surface area contributed by atoms with Gasteiger partial charge in [0.15, 0.2) is 5.60 Å². The van der Waals surface area contributed by atoms with Crippen LogP contribution in [0.15, 0.2) is 72.8 Å². The van der Waals surface area contributed by atoms with E-state index in [9.17, 15) is 10.1 Å². The first-order valence-corrected chi connectivity index (χ1v) is 12.0. The van der Waals surface area contributed by atoms with E-state index in [4.69, 9.17) is 27.9 Å². The largest absolute Gasteiger partial charge is 0.478 e. The Morgan fingerprint density at radius 1 is 1.06 bits per heavy atom. The Kier molecular flexibility index (Phi) is 7.35. The van der Waals surface area contributed by atoms with Crippen molar-refractivity contribution < 1.29 is 9.53 Å². The second-order valence-corrected chi connectivity index (χ2v) is 9.56. The molecule has 0 unspecified atom stereocenters. The molecule has 182 valence electrons. The van der Waals surface area contributed by atoms with Gasteiger partial charge >= 0.3 is 0 Å². The standard InChI is InChI=1S/C28H24Cl2N4O2/c1-18-8-4-7-11-25(18)36-28(2,3)27(35)32-17-23-21(16-31)26(19-12-14-20(29)15-13-19)34(33-23)24-10-6-5-9-22(24)30/h4-15H,17H2,1-3H3,(H,32,35). The molecule has 0 fully saturated rings. The fourth-order valence-corrected chi connectivity index (χ4v) is 4.09. The molecule has 0 atom stereocenters. The Morgan fingerprint density at radius 2 is 1.72 bits per heavy atom. The van der Waals surface area contributed by atoms with Gasteiger partial charge in [0.25, 0.3) is 5.91 Å². The molecule has 6 nitrogen and oxygen atoms in total. The Labute approximate surface area is 220 Å². The van der Waals surface area contributed by atoms with Gasteiger partial charge in [-0.15, -0.1) is 0 Å². The van der Waals surface area contributed by atoms with Crippen molar-refractivity contribution in [2.75, 3.05) is 0 Å². The number of halogens is 2. The summed E-state index contributed by atoms with van der Waals surface area (Å²) < 4.78 is 7.63. The molecule has 4 aromatic rings. The molecule has 0 spiro atoms. The molecule has 0 bridgehead atoms. The summed E-state index contributed by atoms with van der Waals surface area (Å²) in [5.41, 5.74) is 2.42. The summed E-state index contributed by atoms with van der Waals surface area (Å²) >= 11 is 12.6. The Hall–Kier alpha value is -3.79. The van der Waals surface area contributed by atoms with Crippen LogP contribution >= 0.6 is 23.2 Å². The quantitative estimate of drug-likeness (QED) is 0.302. The molecule has 4 rings (SSSR count). The average molecular weight is 519 g/mol. The summed E-state index contributed by atoms with van der Waals surface area (Å²) in [6.07, 6.45) is 0. The molecule has 1 N–H and O–H groups in total. The second-order valence-electron chi connectivity index (χ2n) is 8.71. The summed E-state index contributed by atoms with van der Waals surface area (Å²) in [6.45, 7) is 5.34. The maximum atomic E-state index is 13.1. The van der Waals surface area contributed by atoms with E-state index in [1.165, 1.54) is 0 Å². The van der Waals surface area contributed by atoms with Crippen LogP contribution in [0.2, 0.25) is 10.0 Å². The second kappa shape index (κ2) is 10.4. The molecule has 1 amide bonds. The maximum absolute atomic E-state index is 13.1. The molecule has 0 aliphatic rings. The lowest BCUT2D eigenvalue weighted by Crippen LogP contribution is -2.46. The molecule has 3 aromatic carbocycles. The highest BCUT2D eigenvalue weighted by Gasteiger charge is 2.31. The van der Waals surface area contributed by atoms with Crippen molar-refractivity contribution in [3.05, 3.63) is 99.7 Å². The molecule has 0 saturated carbocycles. The molecule has 1 aromatic heterocycles. The summed E-state index contributed by atoms with van der Waals surface area (Å²) in [5.74, 6) is 0.290. The molecule has 0 saturated heterocycles. The fourth-order valence-electron chi connectivity index (χ4n) is 3.75. The van der Waals surface area contributed by atoms with E-state index < -0.39 is 5.60 Å². The van der Waals surface area contributed by atoms with Crippen molar-refractivity contribution in [1.29, 1.82) is 5.26 Å². The maximum Gasteiger partial charge on any atom is 0.263 e. The number of nitrogens with zero attached hydrogens (tertiary/aromatic N) is 3. The number of benzene rings is 3. The minimum Gasteiger partial charge on any atom is -0.478 e. The van der Waals surface area contributed by atoms with Gasteiger partial charge in [-0.25, -0.2) is 4.68 Å². The Balaban J connectivity index is 1.68. The third kappa shape index (κ3) is 5.23. The van der Waals surface area contributed by atoms with E-state index in [0.717, 1.165) is 11.1 Å². The number of hydrogen-bond donors (Lipinski definition) is 1. The van der Waals surface area contributed by atoms with E-state index in [-0.39, 0.29) is 12.5 Å². The minimum absolute atomic E-state index is 0.0281. The van der Waals surface area contributed by atoms with Crippen molar-refractivity contribution >= 4 is 29.1 Å². The highest BCUT2D eigenvalue weighted by molar-refractivity contribution is 6.32. The summed E-state index contributed by atoms with van der Waals surface area (Å²) in [5, 5.41) is 18.7. The van der Waals surface area contributed by atoms with Crippen LogP contribution in [0.3, 0.4) is 0 Å². The van der Waals surface area contributed by atoms with Crippen molar-refractivity contribution in [1.82, 2.24) is 15.1 Å². The van der Waals surface area contributed by atoms with Crippen LogP contribution in [0.1, 0.15) is 30.7 Å². The fraction of sp³-hybridized carbons (Fsp3) is 0.179. The predicted molar refractivity (Wildman–Crippen MR) is 141 cm³/mol. The first kappa shape index (κ1) is 25.3. The number of hydrogen-bond acceptors (Lipinski definition) is 4. The zero-order valence-corrected chi connectivity index (χ0v) is 21.6.